The molecule has 0 spiro atoms. The molecule has 2 aromatic carbocycles. The van der Waals surface area contributed by atoms with Crippen LogP contribution in [0.5, 0.6) is 5.75 Å². The minimum Gasteiger partial charge on any atom is -0.489 e. The molecule has 2 aromatic rings. The molecule has 0 aliphatic rings. The Hall–Kier alpha value is -2.59. The Morgan fingerprint density at radius 3 is 2.48 bits per heavy atom. The van der Waals surface area contributed by atoms with Gasteiger partial charge in [0.1, 0.15) is 12.4 Å². The maximum Gasteiger partial charge on any atom is 0.328 e. The van der Waals surface area contributed by atoms with E-state index in [-0.39, 0.29) is 6.61 Å². The van der Waals surface area contributed by atoms with Gasteiger partial charge < -0.3 is 14.9 Å². The van der Waals surface area contributed by atoms with E-state index >= 15 is 0 Å². The van der Waals surface area contributed by atoms with E-state index in [2.05, 4.69) is 0 Å². The van der Waals surface area contributed by atoms with Gasteiger partial charge >= 0.3 is 5.97 Å². The SMILES string of the molecule is O=C(O)C=Cc1ccc(COc2ccccc2CO)cc1. The molecule has 21 heavy (non-hydrogen) atoms. The van der Waals surface area contributed by atoms with E-state index < -0.39 is 5.97 Å². The maximum atomic E-state index is 10.4. The Morgan fingerprint density at radius 2 is 1.81 bits per heavy atom. The van der Waals surface area contributed by atoms with Crippen molar-refractivity contribution >= 4 is 12.0 Å². The molecule has 0 fully saturated rings. The van der Waals surface area contributed by atoms with Crippen LogP contribution in [0.25, 0.3) is 6.08 Å². The number of carboxylic acid groups (broad SMARTS) is 1. The van der Waals surface area contributed by atoms with Gasteiger partial charge in [-0.05, 0) is 23.3 Å². The molecule has 4 heteroatoms. The molecule has 4 nitrogen and oxygen atoms in total. The molecule has 0 atom stereocenters. The average molecular weight is 284 g/mol. The van der Waals surface area contributed by atoms with E-state index in [9.17, 15) is 9.90 Å². The summed E-state index contributed by atoms with van der Waals surface area (Å²) in [6.07, 6.45) is 2.64. The summed E-state index contributed by atoms with van der Waals surface area (Å²) in [7, 11) is 0. The number of para-hydroxylation sites is 1. The van der Waals surface area contributed by atoms with Gasteiger partial charge in [0.2, 0.25) is 0 Å². The summed E-state index contributed by atoms with van der Waals surface area (Å²) in [5, 5.41) is 17.8. The third-order valence-electron chi connectivity index (χ3n) is 2.94. The van der Waals surface area contributed by atoms with Crippen LogP contribution in [0, 0.1) is 0 Å². The molecule has 0 radical (unpaired) electrons. The quantitative estimate of drug-likeness (QED) is 0.800. The first kappa shape index (κ1) is 14.8. The number of carbonyl (C=O) groups is 1. The molecule has 0 unspecified atom stereocenters. The molecule has 0 amide bonds. The Kier molecular flexibility index (Phi) is 5.12. The van der Waals surface area contributed by atoms with E-state index in [1.165, 1.54) is 6.08 Å². The molecule has 2 N–H and O–H groups in total. The van der Waals surface area contributed by atoms with Crippen molar-refractivity contribution in [3.05, 3.63) is 71.3 Å². The van der Waals surface area contributed by atoms with Gasteiger partial charge in [-0.15, -0.1) is 0 Å². The fraction of sp³-hybridized carbons (Fsp3) is 0.118. The van der Waals surface area contributed by atoms with Crippen LogP contribution in [-0.4, -0.2) is 16.2 Å². The molecule has 0 bridgehead atoms. The normalized spacial score (nSPS) is 10.7. The van der Waals surface area contributed by atoms with Crippen LogP contribution < -0.4 is 4.74 Å². The number of hydrogen-bond acceptors (Lipinski definition) is 3. The van der Waals surface area contributed by atoms with Crippen molar-refractivity contribution in [1.82, 2.24) is 0 Å². The first-order valence-electron chi connectivity index (χ1n) is 6.50. The zero-order chi connectivity index (χ0) is 15.1. The van der Waals surface area contributed by atoms with Crippen LogP contribution in [0.4, 0.5) is 0 Å². The topological polar surface area (TPSA) is 66.8 Å². The lowest BCUT2D eigenvalue weighted by atomic mass is 10.1. The lowest BCUT2D eigenvalue weighted by Gasteiger charge is -2.10. The van der Waals surface area contributed by atoms with E-state index in [1.54, 1.807) is 0 Å². The van der Waals surface area contributed by atoms with E-state index in [0.29, 0.717) is 12.4 Å². The number of aliphatic hydroxyl groups is 1. The Labute approximate surface area is 122 Å². The molecular formula is C17H16O4. The molecule has 108 valence electrons. The van der Waals surface area contributed by atoms with Crippen LogP contribution in [0.2, 0.25) is 0 Å². The van der Waals surface area contributed by atoms with Gasteiger partial charge in [0, 0.05) is 11.6 Å². The summed E-state index contributed by atoms with van der Waals surface area (Å²) < 4.78 is 5.68. The largest absolute Gasteiger partial charge is 0.489 e. The Morgan fingerprint density at radius 1 is 1.10 bits per heavy atom. The predicted octanol–water partition coefficient (Wildman–Crippen LogP) is 2.86. The molecule has 0 aromatic heterocycles. The number of hydrogen-bond donors (Lipinski definition) is 2. The fourth-order valence-corrected chi connectivity index (χ4v) is 1.83. The summed E-state index contributed by atoms with van der Waals surface area (Å²) >= 11 is 0. The molecule has 0 aliphatic heterocycles. The lowest BCUT2D eigenvalue weighted by Crippen LogP contribution is -1.98. The van der Waals surface area contributed by atoms with E-state index in [1.807, 2.05) is 48.5 Å². The maximum absolute atomic E-state index is 10.4. The van der Waals surface area contributed by atoms with Gasteiger partial charge in [0.05, 0.1) is 6.61 Å². The number of aliphatic hydroxyl groups excluding tert-OH is 1. The van der Waals surface area contributed by atoms with Gasteiger partial charge in [-0.25, -0.2) is 4.79 Å². The fourth-order valence-electron chi connectivity index (χ4n) is 1.83. The third kappa shape index (κ3) is 4.47. The summed E-state index contributed by atoms with van der Waals surface area (Å²) in [5.41, 5.74) is 2.53. The second-order valence-electron chi connectivity index (χ2n) is 4.47. The Balaban J connectivity index is 1.99. The van der Waals surface area contributed by atoms with Crippen molar-refractivity contribution < 1.29 is 19.7 Å². The van der Waals surface area contributed by atoms with Gasteiger partial charge in [0.25, 0.3) is 0 Å². The van der Waals surface area contributed by atoms with Crippen LogP contribution in [0.15, 0.2) is 54.6 Å². The molecular weight excluding hydrogens is 268 g/mol. The lowest BCUT2D eigenvalue weighted by molar-refractivity contribution is -0.131. The highest BCUT2D eigenvalue weighted by Crippen LogP contribution is 2.19. The van der Waals surface area contributed by atoms with Crippen LogP contribution in [0.1, 0.15) is 16.7 Å². The summed E-state index contributed by atoms with van der Waals surface area (Å²) in [5.74, 6) is -0.308. The zero-order valence-electron chi connectivity index (χ0n) is 11.4. The smallest absolute Gasteiger partial charge is 0.328 e. The summed E-state index contributed by atoms with van der Waals surface area (Å²) in [6, 6.07) is 14.7. The van der Waals surface area contributed by atoms with Gasteiger partial charge in [0.15, 0.2) is 0 Å². The predicted molar refractivity (Wildman–Crippen MR) is 79.8 cm³/mol. The first-order chi connectivity index (χ1) is 10.2. The van der Waals surface area contributed by atoms with E-state index in [4.69, 9.17) is 9.84 Å². The highest BCUT2D eigenvalue weighted by molar-refractivity contribution is 5.85. The highest BCUT2D eigenvalue weighted by atomic mass is 16.5. The van der Waals surface area contributed by atoms with Gasteiger partial charge in [-0.1, -0.05) is 42.5 Å². The van der Waals surface area contributed by atoms with Crippen molar-refractivity contribution in [3.63, 3.8) is 0 Å². The zero-order valence-corrected chi connectivity index (χ0v) is 11.4. The Bertz CT molecular complexity index is 629. The molecule has 0 heterocycles. The van der Waals surface area contributed by atoms with Crippen molar-refractivity contribution in [3.8, 4) is 5.75 Å². The molecule has 0 saturated carbocycles. The molecule has 0 saturated heterocycles. The second-order valence-corrected chi connectivity index (χ2v) is 4.47. The van der Waals surface area contributed by atoms with Crippen molar-refractivity contribution in [2.75, 3.05) is 0 Å². The van der Waals surface area contributed by atoms with Crippen LogP contribution >= 0.6 is 0 Å². The van der Waals surface area contributed by atoms with Gasteiger partial charge in [-0.3, -0.25) is 0 Å². The van der Waals surface area contributed by atoms with Crippen LogP contribution in [0.3, 0.4) is 0 Å². The minimum absolute atomic E-state index is 0.0604. The number of rotatable bonds is 6. The first-order valence-corrected chi connectivity index (χ1v) is 6.50. The van der Waals surface area contributed by atoms with Crippen molar-refractivity contribution in [2.45, 2.75) is 13.2 Å². The molecule has 2 rings (SSSR count). The van der Waals surface area contributed by atoms with Crippen LogP contribution in [-0.2, 0) is 18.0 Å². The van der Waals surface area contributed by atoms with Gasteiger partial charge in [-0.2, -0.15) is 0 Å². The van der Waals surface area contributed by atoms with E-state index in [0.717, 1.165) is 22.8 Å². The second kappa shape index (κ2) is 7.26. The number of ether oxygens (including phenoxy) is 1. The number of benzene rings is 2. The number of aliphatic carboxylic acids is 1. The number of carboxylic acids is 1. The molecule has 0 aliphatic carbocycles. The van der Waals surface area contributed by atoms with Crippen molar-refractivity contribution in [1.29, 1.82) is 0 Å². The third-order valence-corrected chi connectivity index (χ3v) is 2.94. The highest BCUT2D eigenvalue weighted by Gasteiger charge is 2.02. The monoisotopic (exact) mass is 284 g/mol. The van der Waals surface area contributed by atoms with Crippen molar-refractivity contribution in [2.24, 2.45) is 0 Å². The average Bonchev–Trinajstić information content (AvgIpc) is 2.52. The standard InChI is InChI=1S/C17H16O4/c18-11-15-3-1-2-4-16(15)21-12-14-7-5-13(6-8-14)9-10-17(19)20/h1-10,18H,11-12H2,(H,19,20). The minimum atomic E-state index is -0.969. The summed E-state index contributed by atoms with van der Waals surface area (Å²) in [6.45, 7) is 0.328. The summed E-state index contributed by atoms with van der Waals surface area (Å²) in [4.78, 5) is 10.4.